The van der Waals surface area contributed by atoms with Crippen LogP contribution in [-0.4, -0.2) is 33.6 Å². The molecule has 0 aliphatic carbocycles. The van der Waals surface area contributed by atoms with Crippen LogP contribution in [0.15, 0.2) is 53.4 Å². The van der Waals surface area contributed by atoms with Crippen molar-refractivity contribution in [2.24, 2.45) is 0 Å². The molecule has 8 heteroatoms. The number of aryl methyl sites for hydroxylation is 1. The number of sulfonamides is 1. The second-order valence-corrected chi connectivity index (χ2v) is 7.26. The zero-order valence-electron chi connectivity index (χ0n) is 14.6. The highest BCUT2D eigenvalue weighted by atomic mass is 32.2. The minimum Gasteiger partial charge on any atom is -0.466 e. The summed E-state index contributed by atoms with van der Waals surface area (Å²) in [6, 6.07) is 12.3. The molecular formula is C18H19NO6S. The molecule has 26 heavy (non-hydrogen) atoms. The molecule has 2 aromatic carbocycles. The number of carbonyl (C=O) groups is 2. The number of nitrogens with one attached hydrogen (secondary N) is 1. The number of ether oxygens (including phenoxy) is 2. The molecule has 0 spiro atoms. The second-order valence-electron chi connectivity index (χ2n) is 5.57. The minimum absolute atomic E-state index is 0.00729. The van der Waals surface area contributed by atoms with Gasteiger partial charge in [0, 0.05) is 5.69 Å². The van der Waals surface area contributed by atoms with Gasteiger partial charge in [0.15, 0.2) is 6.10 Å². The Bertz CT molecular complexity index is 923. The fourth-order valence-electron chi connectivity index (χ4n) is 2.16. The van der Waals surface area contributed by atoms with Gasteiger partial charge in [0.05, 0.1) is 17.6 Å². The summed E-state index contributed by atoms with van der Waals surface area (Å²) in [5.41, 5.74) is 1.32. The lowest BCUT2D eigenvalue weighted by Gasteiger charge is -2.12. The fraction of sp³-hybridized carbons (Fsp3) is 0.222. The standard InChI is InChI=1S/C18H19NO6S/c1-12-6-4-8-15(10-12)19-26(22,23)16-9-5-7-14(11-16)18(21)25-13(2)17(20)24-3/h4-11,13,19H,1-3H3/t13-/m1/s1. The summed E-state index contributed by atoms with van der Waals surface area (Å²) < 4.78 is 37.0. The van der Waals surface area contributed by atoms with Crippen molar-refractivity contribution in [3.8, 4) is 0 Å². The Morgan fingerprint density at radius 1 is 1.08 bits per heavy atom. The lowest BCUT2D eigenvalue weighted by molar-refractivity contribution is -0.149. The molecule has 0 bridgehead atoms. The largest absolute Gasteiger partial charge is 0.466 e. The van der Waals surface area contributed by atoms with E-state index in [2.05, 4.69) is 9.46 Å². The van der Waals surface area contributed by atoms with Gasteiger partial charge in [-0.05, 0) is 49.7 Å². The van der Waals surface area contributed by atoms with E-state index >= 15 is 0 Å². The molecule has 7 nitrogen and oxygen atoms in total. The molecule has 0 aliphatic rings. The summed E-state index contributed by atoms with van der Waals surface area (Å²) in [5, 5.41) is 0. The van der Waals surface area contributed by atoms with Crippen molar-refractivity contribution >= 4 is 27.6 Å². The van der Waals surface area contributed by atoms with Crippen LogP contribution in [0.2, 0.25) is 0 Å². The maximum Gasteiger partial charge on any atom is 0.346 e. The maximum atomic E-state index is 12.5. The van der Waals surface area contributed by atoms with Gasteiger partial charge >= 0.3 is 11.9 Å². The Labute approximate surface area is 152 Å². The molecule has 0 heterocycles. The van der Waals surface area contributed by atoms with Gasteiger partial charge < -0.3 is 9.47 Å². The number of benzene rings is 2. The first kappa shape index (κ1) is 19.5. The Hall–Kier alpha value is -2.87. The molecule has 0 saturated carbocycles. The number of carbonyl (C=O) groups excluding carboxylic acids is 2. The molecular weight excluding hydrogens is 358 g/mol. The van der Waals surface area contributed by atoms with Crippen molar-refractivity contribution < 1.29 is 27.5 Å². The van der Waals surface area contributed by atoms with E-state index in [0.29, 0.717) is 5.69 Å². The molecule has 0 aromatic heterocycles. The number of rotatable bonds is 6. The zero-order valence-corrected chi connectivity index (χ0v) is 15.4. The summed E-state index contributed by atoms with van der Waals surface area (Å²) >= 11 is 0. The van der Waals surface area contributed by atoms with Gasteiger partial charge in [-0.3, -0.25) is 4.72 Å². The molecule has 0 radical (unpaired) electrons. The van der Waals surface area contributed by atoms with Gasteiger partial charge in [-0.2, -0.15) is 0 Å². The molecule has 138 valence electrons. The molecule has 0 aliphatic heterocycles. The number of hydrogen-bond acceptors (Lipinski definition) is 6. The van der Waals surface area contributed by atoms with Crippen LogP contribution in [0.25, 0.3) is 0 Å². The third-order valence-corrected chi connectivity index (χ3v) is 4.85. The van der Waals surface area contributed by atoms with Crippen LogP contribution >= 0.6 is 0 Å². The quantitative estimate of drug-likeness (QED) is 0.777. The van der Waals surface area contributed by atoms with E-state index in [4.69, 9.17) is 4.74 Å². The molecule has 1 N–H and O–H groups in total. The van der Waals surface area contributed by atoms with Crippen molar-refractivity contribution in [3.63, 3.8) is 0 Å². The maximum absolute atomic E-state index is 12.5. The number of hydrogen-bond donors (Lipinski definition) is 1. The van der Waals surface area contributed by atoms with E-state index in [1.165, 1.54) is 38.3 Å². The van der Waals surface area contributed by atoms with Gasteiger partial charge in [0.1, 0.15) is 0 Å². The van der Waals surface area contributed by atoms with Crippen LogP contribution in [0.1, 0.15) is 22.8 Å². The molecule has 2 aromatic rings. The van der Waals surface area contributed by atoms with Crippen LogP contribution in [0, 0.1) is 6.92 Å². The third-order valence-electron chi connectivity index (χ3n) is 3.47. The smallest absolute Gasteiger partial charge is 0.346 e. The van der Waals surface area contributed by atoms with Crippen molar-refractivity contribution in [3.05, 3.63) is 59.7 Å². The van der Waals surface area contributed by atoms with E-state index in [1.54, 1.807) is 18.2 Å². The number of esters is 2. The van der Waals surface area contributed by atoms with Crippen molar-refractivity contribution in [2.75, 3.05) is 11.8 Å². The van der Waals surface area contributed by atoms with Crippen molar-refractivity contribution in [1.82, 2.24) is 0 Å². The monoisotopic (exact) mass is 377 g/mol. The first-order chi connectivity index (χ1) is 12.2. The first-order valence-corrected chi connectivity index (χ1v) is 9.19. The highest BCUT2D eigenvalue weighted by molar-refractivity contribution is 7.92. The molecule has 2 rings (SSSR count). The van der Waals surface area contributed by atoms with Gasteiger partial charge in [-0.25, -0.2) is 18.0 Å². The van der Waals surface area contributed by atoms with Crippen LogP contribution in [0.5, 0.6) is 0 Å². The summed E-state index contributed by atoms with van der Waals surface area (Å²) in [6.45, 7) is 3.21. The normalized spacial score (nSPS) is 12.1. The van der Waals surface area contributed by atoms with Crippen LogP contribution in [-0.2, 0) is 24.3 Å². The zero-order chi connectivity index (χ0) is 19.3. The average molecular weight is 377 g/mol. The second kappa shape index (κ2) is 8.01. The molecule has 0 fully saturated rings. The number of anilines is 1. The SMILES string of the molecule is COC(=O)[C@@H](C)OC(=O)c1cccc(S(=O)(=O)Nc2cccc(C)c2)c1. The van der Waals surface area contributed by atoms with Gasteiger partial charge in [-0.15, -0.1) is 0 Å². The van der Waals surface area contributed by atoms with Gasteiger partial charge in [0.2, 0.25) is 0 Å². The molecule has 0 amide bonds. The Morgan fingerprint density at radius 2 is 1.77 bits per heavy atom. The van der Waals surface area contributed by atoms with Crippen LogP contribution in [0.4, 0.5) is 5.69 Å². The molecule has 0 saturated heterocycles. The average Bonchev–Trinajstić information content (AvgIpc) is 2.60. The lowest BCUT2D eigenvalue weighted by Crippen LogP contribution is -2.25. The van der Waals surface area contributed by atoms with E-state index < -0.39 is 28.1 Å². The molecule has 0 unspecified atom stereocenters. The van der Waals surface area contributed by atoms with Gasteiger partial charge in [0.25, 0.3) is 10.0 Å². The topological polar surface area (TPSA) is 98.8 Å². The lowest BCUT2D eigenvalue weighted by atomic mass is 10.2. The van der Waals surface area contributed by atoms with Crippen LogP contribution in [0.3, 0.4) is 0 Å². The Kier molecular flexibility index (Phi) is 5.99. The summed E-state index contributed by atoms with van der Waals surface area (Å²) in [4.78, 5) is 23.3. The van der Waals surface area contributed by atoms with E-state index in [-0.39, 0.29) is 10.5 Å². The minimum atomic E-state index is -3.88. The predicted octanol–water partition coefficient (Wildman–Crippen LogP) is 2.51. The molecule has 1 atom stereocenters. The predicted molar refractivity (Wildman–Crippen MR) is 95.3 cm³/mol. The van der Waals surface area contributed by atoms with Crippen molar-refractivity contribution in [2.45, 2.75) is 24.8 Å². The summed E-state index contributed by atoms with van der Waals surface area (Å²) in [5.74, 6) is -1.53. The van der Waals surface area contributed by atoms with E-state index in [0.717, 1.165) is 5.56 Å². The Morgan fingerprint density at radius 3 is 2.42 bits per heavy atom. The highest BCUT2D eigenvalue weighted by Crippen LogP contribution is 2.18. The Balaban J connectivity index is 2.22. The van der Waals surface area contributed by atoms with Gasteiger partial charge in [-0.1, -0.05) is 18.2 Å². The first-order valence-electron chi connectivity index (χ1n) is 7.71. The third kappa shape index (κ3) is 4.82. The van der Waals surface area contributed by atoms with E-state index in [9.17, 15) is 18.0 Å². The van der Waals surface area contributed by atoms with Crippen molar-refractivity contribution in [1.29, 1.82) is 0 Å². The van der Waals surface area contributed by atoms with E-state index in [1.807, 2.05) is 13.0 Å². The van der Waals surface area contributed by atoms with Crippen LogP contribution < -0.4 is 4.72 Å². The summed E-state index contributed by atoms with van der Waals surface area (Å²) in [6.07, 6.45) is -1.10. The number of methoxy groups -OCH3 is 1. The fourth-order valence-corrected chi connectivity index (χ4v) is 3.25. The summed E-state index contributed by atoms with van der Waals surface area (Å²) in [7, 11) is -2.71. The highest BCUT2D eigenvalue weighted by Gasteiger charge is 2.21.